The fourth-order valence-electron chi connectivity index (χ4n) is 2.56. The number of aromatic nitrogens is 2. The van der Waals surface area contributed by atoms with Crippen molar-refractivity contribution in [3.8, 4) is 5.75 Å². The van der Waals surface area contributed by atoms with E-state index in [1.807, 2.05) is 55.5 Å². The smallest absolute Gasteiger partial charge is 0.233 e. The molecule has 146 valence electrons. The molecule has 1 N–H and O–H groups in total. The van der Waals surface area contributed by atoms with Crippen LogP contribution in [-0.4, -0.2) is 40.9 Å². The van der Waals surface area contributed by atoms with Gasteiger partial charge in [0, 0.05) is 24.8 Å². The number of thioether (sulfide) groups is 1. The highest BCUT2D eigenvalue weighted by molar-refractivity contribution is 8.01. The molecule has 8 heteroatoms. The lowest BCUT2D eigenvalue weighted by Crippen LogP contribution is -2.27. The molecule has 6 nitrogen and oxygen atoms in total. The Hall–Kier alpha value is -2.58. The molecule has 28 heavy (non-hydrogen) atoms. The Morgan fingerprint density at radius 3 is 2.71 bits per heavy atom. The Labute approximate surface area is 172 Å². The molecule has 0 aliphatic carbocycles. The van der Waals surface area contributed by atoms with Crippen molar-refractivity contribution in [3.63, 3.8) is 0 Å². The lowest BCUT2D eigenvalue weighted by Gasteiger charge is -2.18. The molecule has 0 bridgehead atoms. The van der Waals surface area contributed by atoms with Gasteiger partial charge >= 0.3 is 0 Å². The van der Waals surface area contributed by atoms with Crippen LogP contribution in [0.5, 0.6) is 5.75 Å². The van der Waals surface area contributed by atoms with Gasteiger partial charge in [0.15, 0.2) is 4.34 Å². The van der Waals surface area contributed by atoms with Crippen molar-refractivity contribution in [3.05, 3.63) is 59.7 Å². The zero-order chi connectivity index (χ0) is 19.9. The topological polar surface area (TPSA) is 67.3 Å². The van der Waals surface area contributed by atoms with Gasteiger partial charge in [-0.1, -0.05) is 59.5 Å². The second-order valence-electron chi connectivity index (χ2n) is 6.16. The van der Waals surface area contributed by atoms with Crippen LogP contribution >= 0.6 is 23.1 Å². The van der Waals surface area contributed by atoms with Gasteiger partial charge in [-0.3, -0.25) is 4.79 Å². The molecule has 0 fully saturated rings. The summed E-state index contributed by atoms with van der Waals surface area (Å²) in [5, 5.41) is 12.3. The van der Waals surface area contributed by atoms with Crippen LogP contribution in [0.1, 0.15) is 11.1 Å². The summed E-state index contributed by atoms with van der Waals surface area (Å²) < 4.78 is 6.11. The van der Waals surface area contributed by atoms with E-state index in [9.17, 15) is 4.79 Å². The van der Waals surface area contributed by atoms with Crippen LogP contribution in [0.2, 0.25) is 0 Å². The van der Waals surface area contributed by atoms with Crippen LogP contribution in [0.4, 0.5) is 10.8 Å². The Kier molecular flexibility index (Phi) is 6.89. The number of hydrogen-bond acceptors (Lipinski definition) is 7. The van der Waals surface area contributed by atoms with Gasteiger partial charge in [0.25, 0.3) is 0 Å². The Morgan fingerprint density at radius 2 is 1.93 bits per heavy atom. The molecule has 3 aromatic rings. The highest BCUT2D eigenvalue weighted by atomic mass is 32.2. The van der Waals surface area contributed by atoms with Crippen molar-refractivity contribution in [2.75, 3.05) is 25.2 Å². The van der Waals surface area contributed by atoms with Crippen molar-refractivity contribution >= 4 is 39.8 Å². The fourth-order valence-corrected chi connectivity index (χ4v) is 4.26. The molecule has 0 aliphatic heterocycles. The lowest BCUT2D eigenvalue weighted by atomic mass is 10.2. The number of anilines is 2. The van der Waals surface area contributed by atoms with Gasteiger partial charge in [-0.2, -0.15) is 0 Å². The van der Waals surface area contributed by atoms with Crippen molar-refractivity contribution in [1.82, 2.24) is 15.1 Å². The summed E-state index contributed by atoms with van der Waals surface area (Å²) in [6.45, 7) is 2.54. The molecular weight excluding hydrogens is 392 g/mol. The number of carbonyl (C=O) groups is 1. The Balaban J connectivity index is 1.53. The highest BCUT2D eigenvalue weighted by Gasteiger charge is 2.14. The number of para-hydroxylation sites is 2. The molecule has 2 aromatic carbocycles. The van der Waals surface area contributed by atoms with E-state index in [0.29, 0.717) is 17.4 Å². The number of hydrogen-bond donors (Lipinski definition) is 1. The molecule has 0 spiro atoms. The van der Waals surface area contributed by atoms with Gasteiger partial charge in [0.1, 0.15) is 5.75 Å². The largest absolute Gasteiger partial charge is 0.496 e. The number of nitrogens with one attached hydrogen (secondary N) is 1. The third kappa shape index (κ3) is 5.24. The van der Waals surface area contributed by atoms with E-state index in [1.165, 1.54) is 23.1 Å². The molecule has 0 atom stereocenters. The molecule has 0 unspecified atom stereocenters. The van der Waals surface area contributed by atoms with E-state index < -0.39 is 0 Å². The first-order chi connectivity index (χ1) is 13.6. The summed E-state index contributed by atoms with van der Waals surface area (Å²) in [6, 6.07) is 15.7. The quantitative estimate of drug-likeness (QED) is 0.553. The predicted octanol–water partition coefficient (Wildman–Crippen LogP) is 4.35. The van der Waals surface area contributed by atoms with Gasteiger partial charge < -0.3 is 15.0 Å². The minimum atomic E-state index is 0.0273. The van der Waals surface area contributed by atoms with Gasteiger partial charge in [0.2, 0.25) is 11.0 Å². The van der Waals surface area contributed by atoms with Gasteiger partial charge in [-0.15, -0.1) is 10.2 Å². The van der Waals surface area contributed by atoms with Crippen molar-refractivity contribution in [1.29, 1.82) is 0 Å². The molecule has 0 aliphatic rings. The summed E-state index contributed by atoms with van der Waals surface area (Å²) in [4.78, 5) is 14.2. The monoisotopic (exact) mass is 414 g/mol. The molecule has 1 amide bonds. The third-order valence-electron chi connectivity index (χ3n) is 4.14. The molecule has 1 aromatic heterocycles. The van der Waals surface area contributed by atoms with Crippen molar-refractivity contribution < 1.29 is 9.53 Å². The van der Waals surface area contributed by atoms with Crippen LogP contribution in [0.3, 0.4) is 0 Å². The minimum absolute atomic E-state index is 0.0273. The summed E-state index contributed by atoms with van der Waals surface area (Å²) in [5.41, 5.74) is 3.12. The van der Waals surface area contributed by atoms with E-state index in [-0.39, 0.29) is 5.91 Å². The number of nitrogens with zero attached hydrogens (tertiary/aromatic N) is 3. The summed E-state index contributed by atoms with van der Waals surface area (Å²) >= 11 is 2.83. The normalized spacial score (nSPS) is 10.5. The zero-order valence-corrected chi connectivity index (χ0v) is 17.6. The van der Waals surface area contributed by atoms with Gasteiger partial charge in [-0.05, 0) is 24.6 Å². The molecule has 1 heterocycles. The van der Waals surface area contributed by atoms with E-state index in [2.05, 4.69) is 15.5 Å². The predicted molar refractivity (Wildman–Crippen MR) is 115 cm³/mol. The van der Waals surface area contributed by atoms with Crippen LogP contribution in [0, 0.1) is 6.92 Å². The Bertz CT molecular complexity index is 945. The summed E-state index contributed by atoms with van der Waals surface area (Å²) in [7, 11) is 3.43. The number of benzene rings is 2. The number of ether oxygens (including phenoxy) is 1. The summed E-state index contributed by atoms with van der Waals surface area (Å²) in [6.07, 6.45) is 0. The number of aryl methyl sites for hydroxylation is 1. The van der Waals surface area contributed by atoms with E-state index in [0.717, 1.165) is 26.9 Å². The first-order valence-electron chi connectivity index (χ1n) is 8.71. The maximum atomic E-state index is 12.5. The average molecular weight is 415 g/mol. The first kappa shape index (κ1) is 20.2. The second-order valence-corrected chi connectivity index (χ2v) is 8.36. The maximum absolute atomic E-state index is 12.5. The number of methoxy groups -OCH3 is 1. The number of rotatable bonds is 8. The van der Waals surface area contributed by atoms with Crippen LogP contribution in [-0.2, 0) is 11.3 Å². The molecule has 0 saturated carbocycles. The highest BCUT2D eigenvalue weighted by Crippen LogP contribution is 2.29. The SMILES string of the molecule is COc1ccccc1CN(C)C(=O)CSc1nnc(Nc2ccccc2C)s1. The number of amides is 1. The van der Waals surface area contributed by atoms with Crippen LogP contribution in [0.15, 0.2) is 52.9 Å². The minimum Gasteiger partial charge on any atom is -0.496 e. The Morgan fingerprint density at radius 1 is 1.18 bits per heavy atom. The maximum Gasteiger partial charge on any atom is 0.233 e. The standard InChI is InChI=1S/C20H22N4O2S2/c1-14-8-4-6-10-16(14)21-19-22-23-20(28-19)27-13-18(25)24(2)12-15-9-5-7-11-17(15)26-3/h4-11H,12-13H2,1-3H3,(H,21,22). The third-order valence-corrected chi connectivity index (χ3v) is 6.09. The number of carbonyl (C=O) groups excluding carboxylic acids is 1. The van der Waals surface area contributed by atoms with Gasteiger partial charge in [-0.25, -0.2) is 0 Å². The van der Waals surface area contributed by atoms with Crippen LogP contribution in [0.25, 0.3) is 0 Å². The lowest BCUT2D eigenvalue weighted by molar-refractivity contribution is -0.127. The van der Waals surface area contributed by atoms with Crippen LogP contribution < -0.4 is 10.1 Å². The fraction of sp³-hybridized carbons (Fsp3) is 0.250. The van der Waals surface area contributed by atoms with Crippen molar-refractivity contribution in [2.45, 2.75) is 17.8 Å². The average Bonchev–Trinajstić information content (AvgIpc) is 3.15. The van der Waals surface area contributed by atoms with Gasteiger partial charge in [0.05, 0.1) is 12.9 Å². The van der Waals surface area contributed by atoms with E-state index >= 15 is 0 Å². The van der Waals surface area contributed by atoms with E-state index in [4.69, 9.17) is 4.74 Å². The second kappa shape index (κ2) is 9.57. The molecule has 3 rings (SSSR count). The molecule has 0 saturated heterocycles. The first-order valence-corrected chi connectivity index (χ1v) is 10.5. The summed E-state index contributed by atoms with van der Waals surface area (Å²) in [5.74, 6) is 1.12. The zero-order valence-electron chi connectivity index (χ0n) is 16.0. The molecular formula is C20H22N4O2S2. The van der Waals surface area contributed by atoms with E-state index in [1.54, 1.807) is 19.1 Å². The molecule has 0 radical (unpaired) electrons. The van der Waals surface area contributed by atoms with Crippen molar-refractivity contribution in [2.24, 2.45) is 0 Å².